The van der Waals surface area contributed by atoms with Gasteiger partial charge in [0, 0.05) is 22.5 Å². The molecule has 0 saturated heterocycles. The van der Waals surface area contributed by atoms with Crippen LogP contribution in [0.3, 0.4) is 0 Å². The molecule has 0 aliphatic heterocycles. The number of hydrogen-bond acceptors (Lipinski definition) is 4. The third-order valence-electron chi connectivity index (χ3n) is 5.19. The van der Waals surface area contributed by atoms with Crippen LogP contribution >= 0.6 is 15.9 Å². The van der Waals surface area contributed by atoms with Gasteiger partial charge >= 0.3 is 5.91 Å². The largest absolute Gasteiger partial charge is 0.493 e. The zero-order valence-corrected chi connectivity index (χ0v) is 20.1. The lowest BCUT2D eigenvalue weighted by molar-refractivity contribution is -0.115. The Morgan fingerprint density at radius 2 is 1.68 bits per heavy atom. The van der Waals surface area contributed by atoms with Gasteiger partial charge in [0.05, 0.1) is 5.52 Å². The van der Waals surface area contributed by atoms with E-state index in [4.69, 9.17) is 0 Å². The van der Waals surface area contributed by atoms with Gasteiger partial charge < -0.3 is 15.0 Å². The van der Waals surface area contributed by atoms with Crippen LogP contribution in [0.2, 0.25) is 0 Å². The lowest BCUT2D eigenvalue weighted by atomic mass is 10.1. The summed E-state index contributed by atoms with van der Waals surface area (Å²) >= 11 is 3.51. The van der Waals surface area contributed by atoms with E-state index in [0.29, 0.717) is 16.5 Å². The summed E-state index contributed by atoms with van der Waals surface area (Å²) in [6, 6.07) is 21.5. The van der Waals surface area contributed by atoms with E-state index >= 15 is 0 Å². The van der Waals surface area contributed by atoms with Crippen molar-refractivity contribution in [1.29, 1.82) is 0 Å². The number of hydrogen-bond donors (Lipinski definition) is 2. The highest BCUT2D eigenvalue weighted by atomic mass is 79.9. The van der Waals surface area contributed by atoms with E-state index in [1.54, 1.807) is 54.1 Å². The topological polar surface area (TPSA) is 96.1 Å². The van der Waals surface area contributed by atoms with Crippen molar-refractivity contribution in [2.24, 2.45) is 17.3 Å². The highest BCUT2D eigenvalue weighted by Gasteiger charge is 2.19. The number of aromatic nitrogens is 1. The Bertz CT molecular complexity index is 1440. The fourth-order valence-corrected chi connectivity index (χ4v) is 4.38. The Kier molecular flexibility index (Phi) is 6.70. The number of carbonyl (C=O) groups is 2. The maximum atomic E-state index is 13.0. The molecule has 0 fully saturated rings. The molecule has 0 spiro atoms. The molecule has 34 heavy (non-hydrogen) atoms. The zero-order valence-electron chi connectivity index (χ0n) is 18.5. The molecule has 0 aliphatic carbocycles. The van der Waals surface area contributed by atoms with E-state index < -0.39 is 11.8 Å². The second-order valence-electron chi connectivity index (χ2n) is 7.67. The lowest BCUT2D eigenvalue weighted by Gasteiger charge is -2.07. The number of fused-ring (bicyclic) bond motifs is 1. The maximum absolute atomic E-state index is 13.0. The second kappa shape index (κ2) is 9.84. The van der Waals surface area contributed by atoms with E-state index in [9.17, 15) is 14.7 Å². The minimum absolute atomic E-state index is 0.0408. The molecule has 1 aromatic heterocycles. The normalized spacial score (nSPS) is 11.8. The van der Waals surface area contributed by atoms with Crippen LogP contribution < -0.4 is 5.32 Å². The summed E-state index contributed by atoms with van der Waals surface area (Å²) in [5.41, 5.74) is 2.92. The molecule has 2 amide bonds. The van der Waals surface area contributed by atoms with Crippen LogP contribution in [0.4, 0.5) is 5.69 Å². The smallest absolute Gasteiger partial charge is 0.311 e. The van der Waals surface area contributed by atoms with E-state index in [1.807, 2.05) is 37.3 Å². The average Bonchev–Trinajstić information content (AvgIpc) is 3.07. The average molecular weight is 517 g/mol. The fraction of sp³-hybridized carbons (Fsp3) is 0.0769. The molecule has 8 heteroatoms. The summed E-state index contributed by atoms with van der Waals surface area (Å²) in [6.45, 7) is 1.92. The summed E-state index contributed by atoms with van der Waals surface area (Å²) in [5.74, 6) is -1.32. The van der Waals surface area contributed by atoms with Crippen LogP contribution in [0.25, 0.3) is 17.0 Å². The van der Waals surface area contributed by atoms with Gasteiger partial charge in [-0.2, -0.15) is 0 Å². The number of amides is 2. The predicted octanol–water partition coefficient (Wildman–Crippen LogP) is 6.04. The molecule has 0 bridgehead atoms. The van der Waals surface area contributed by atoms with Crippen LogP contribution in [0.5, 0.6) is 5.88 Å². The van der Waals surface area contributed by atoms with Crippen LogP contribution in [-0.4, -0.2) is 21.5 Å². The Morgan fingerprint density at radius 1 is 1.03 bits per heavy atom. The molecule has 0 radical (unpaired) electrons. The zero-order chi connectivity index (χ0) is 24.2. The first-order valence-corrected chi connectivity index (χ1v) is 11.2. The first-order valence-electron chi connectivity index (χ1n) is 10.4. The van der Waals surface area contributed by atoms with Gasteiger partial charge in [0.1, 0.15) is 5.70 Å². The standard InChI is InChI=1S/C26H21BrN4O3/c1-16-13-19-22(26(34)31(2)23(19)20(27)14-16)29-30-25(33)21(15-17-9-5-3-6-10-17)28-24(32)18-11-7-4-8-12-18/h3-15,34H,1-2H3,(H,28,32). The van der Waals surface area contributed by atoms with Gasteiger partial charge in [0.25, 0.3) is 5.91 Å². The number of aromatic hydroxyl groups is 1. The number of aryl methyl sites for hydroxylation is 2. The molecule has 170 valence electrons. The summed E-state index contributed by atoms with van der Waals surface area (Å²) in [6.07, 6.45) is 1.53. The Morgan fingerprint density at radius 3 is 2.35 bits per heavy atom. The molecular formula is C26H21BrN4O3. The van der Waals surface area contributed by atoms with Crippen LogP contribution in [0.15, 0.2) is 93.2 Å². The van der Waals surface area contributed by atoms with Crippen molar-refractivity contribution in [2.75, 3.05) is 0 Å². The highest BCUT2D eigenvalue weighted by molar-refractivity contribution is 9.10. The molecule has 0 unspecified atom stereocenters. The molecule has 4 aromatic rings. The third kappa shape index (κ3) is 4.82. The molecule has 4 rings (SSSR count). The maximum Gasteiger partial charge on any atom is 0.311 e. The van der Waals surface area contributed by atoms with Crippen molar-refractivity contribution in [1.82, 2.24) is 9.88 Å². The second-order valence-corrected chi connectivity index (χ2v) is 8.52. The molecule has 3 aromatic carbocycles. The van der Waals surface area contributed by atoms with Crippen molar-refractivity contribution in [2.45, 2.75) is 6.92 Å². The lowest BCUT2D eigenvalue weighted by Crippen LogP contribution is -2.26. The quantitative estimate of drug-likeness (QED) is 0.250. The van der Waals surface area contributed by atoms with Gasteiger partial charge in [-0.3, -0.25) is 9.59 Å². The molecule has 0 aliphatic rings. The number of rotatable bonds is 5. The van der Waals surface area contributed by atoms with Gasteiger partial charge in [-0.05, 0) is 64.3 Å². The number of nitrogens with zero attached hydrogens (tertiary/aromatic N) is 3. The fourth-order valence-electron chi connectivity index (χ4n) is 3.54. The van der Waals surface area contributed by atoms with E-state index in [-0.39, 0.29) is 17.3 Å². The van der Waals surface area contributed by atoms with Crippen molar-refractivity contribution < 1.29 is 14.7 Å². The Balaban J connectivity index is 1.71. The van der Waals surface area contributed by atoms with Crippen LogP contribution in [0, 0.1) is 6.92 Å². The summed E-state index contributed by atoms with van der Waals surface area (Å²) < 4.78 is 2.35. The highest BCUT2D eigenvalue weighted by Crippen LogP contribution is 2.41. The summed E-state index contributed by atoms with van der Waals surface area (Å²) in [4.78, 5) is 25.7. The first-order chi connectivity index (χ1) is 16.3. The van der Waals surface area contributed by atoms with E-state index in [0.717, 1.165) is 15.6 Å². The SMILES string of the molecule is Cc1cc(Br)c2c(c1)c(N=NC(=O)C(=Cc1ccccc1)NC(=O)c1ccccc1)c(O)n2C. The first kappa shape index (κ1) is 23.1. The minimum atomic E-state index is -0.753. The monoisotopic (exact) mass is 516 g/mol. The minimum Gasteiger partial charge on any atom is -0.493 e. The van der Waals surface area contributed by atoms with E-state index in [2.05, 4.69) is 31.5 Å². The van der Waals surface area contributed by atoms with Gasteiger partial charge in [-0.25, -0.2) is 0 Å². The van der Waals surface area contributed by atoms with Gasteiger partial charge in [0.2, 0.25) is 5.88 Å². The van der Waals surface area contributed by atoms with Crippen molar-refractivity contribution >= 4 is 50.4 Å². The number of halogens is 1. The third-order valence-corrected chi connectivity index (χ3v) is 5.80. The summed E-state index contributed by atoms with van der Waals surface area (Å²) in [7, 11) is 1.69. The molecule has 1 heterocycles. The molecular weight excluding hydrogens is 496 g/mol. The van der Waals surface area contributed by atoms with Crippen molar-refractivity contribution in [3.8, 4) is 5.88 Å². The number of carbonyl (C=O) groups excluding carboxylic acids is 2. The molecule has 2 N–H and O–H groups in total. The summed E-state index contributed by atoms with van der Waals surface area (Å²) in [5, 5.41) is 21.8. The molecule has 0 saturated carbocycles. The number of benzene rings is 3. The number of nitrogens with one attached hydrogen (secondary N) is 1. The number of azo groups is 1. The van der Waals surface area contributed by atoms with Crippen LogP contribution in [0.1, 0.15) is 21.5 Å². The van der Waals surface area contributed by atoms with Gasteiger partial charge in [-0.15, -0.1) is 10.2 Å². The predicted molar refractivity (Wildman–Crippen MR) is 135 cm³/mol. The van der Waals surface area contributed by atoms with Crippen LogP contribution in [-0.2, 0) is 11.8 Å². The van der Waals surface area contributed by atoms with E-state index in [1.165, 1.54) is 6.08 Å². The Hall–Kier alpha value is -4.04. The van der Waals surface area contributed by atoms with Gasteiger partial charge in [0.15, 0.2) is 5.69 Å². The Labute approximate surface area is 204 Å². The van der Waals surface area contributed by atoms with Crippen molar-refractivity contribution in [3.05, 3.63) is 99.7 Å². The van der Waals surface area contributed by atoms with Crippen molar-refractivity contribution in [3.63, 3.8) is 0 Å². The molecule has 0 atom stereocenters. The molecule has 7 nitrogen and oxygen atoms in total. The van der Waals surface area contributed by atoms with Gasteiger partial charge in [-0.1, -0.05) is 48.5 Å².